The van der Waals surface area contributed by atoms with E-state index in [1.54, 1.807) is 17.0 Å². The summed E-state index contributed by atoms with van der Waals surface area (Å²) in [6.07, 6.45) is 0. The molecular formula is C13H18ClN3O3S. The summed E-state index contributed by atoms with van der Waals surface area (Å²) >= 11 is 6.10. The third kappa shape index (κ3) is 3.55. The first-order chi connectivity index (χ1) is 9.85. The van der Waals surface area contributed by atoms with Gasteiger partial charge in [0.15, 0.2) is 0 Å². The third-order valence-electron chi connectivity index (χ3n) is 3.48. The Labute approximate surface area is 129 Å². The molecule has 8 heteroatoms. The van der Waals surface area contributed by atoms with Crippen LogP contribution >= 0.6 is 11.6 Å². The molecule has 0 aliphatic carbocycles. The van der Waals surface area contributed by atoms with E-state index in [9.17, 15) is 13.2 Å². The lowest BCUT2D eigenvalue weighted by Gasteiger charge is -2.33. The average molecular weight is 332 g/mol. The van der Waals surface area contributed by atoms with E-state index in [-0.39, 0.29) is 19.0 Å². The molecule has 1 aliphatic heterocycles. The van der Waals surface area contributed by atoms with Gasteiger partial charge in [0.25, 0.3) is 16.1 Å². The molecular weight excluding hydrogens is 314 g/mol. The van der Waals surface area contributed by atoms with Crippen LogP contribution in [0.15, 0.2) is 18.2 Å². The highest BCUT2D eigenvalue weighted by atomic mass is 35.5. The smallest absolute Gasteiger partial charge is 0.279 e. The van der Waals surface area contributed by atoms with Crippen LogP contribution in [0.25, 0.3) is 0 Å². The van der Waals surface area contributed by atoms with E-state index in [0.717, 1.165) is 5.56 Å². The van der Waals surface area contributed by atoms with Gasteiger partial charge in [0.05, 0.1) is 10.6 Å². The summed E-state index contributed by atoms with van der Waals surface area (Å²) in [5.74, 6) is -0.165. The molecule has 0 unspecified atom stereocenters. The van der Waals surface area contributed by atoms with Crippen molar-refractivity contribution >= 4 is 27.7 Å². The number of halogens is 1. The van der Waals surface area contributed by atoms with Crippen molar-refractivity contribution in [2.75, 3.05) is 33.2 Å². The Morgan fingerprint density at radius 3 is 2.38 bits per heavy atom. The molecule has 1 fully saturated rings. The maximum absolute atomic E-state index is 12.4. The Morgan fingerprint density at radius 1 is 1.24 bits per heavy atom. The first kappa shape index (κ1) is 16.2. The largest absolute Gasteiger partial charge is 0.336 e. The third-order valence-corrected chi connectivity index (χ3v) is 5.35. The number of nitrogens with zero attached hydrogens (tertiary/aromatic N) is 2. The first-order valence-corrected chi connectivity index (χ1v) is 8.41. The monoisotopic (exact) mass is 331 g/mol. The fraction of sp³-hybridized carbons (Fsp3) is 0.462. The molecule has 21 heavy (non-hydrogen) atoms. The van der Waals surface area contributed by atoms with Gasteiger partial charge in [0.1, 0.15) is 0 Å². The van der Waals surface area contributed by atoms with Crippen LogP contribution in [-0.2, 0) is 10.2 Å². The predicted octanol–water partition coefficient (Wildman–Crippen LogP) is 0.870. The number of nitrogens with one attached hydrogen (secondary N) is 1. The molecule has 0 saturated carbocycles. The highest BCUT2D eigenvalue weighted by Gasteiger charge is 2.28. The molecule has 1 aromatic rings. The van der Waals surface area contributed by atoms with Gasteiger partial charge in [0, 0.05) is 33.2 Å². The van der Waals surface area contributed by atoms with E-state index in [1.165, 1.54) is 11.4 Å². The molecule has 1 N–H and O–H groups in total. The zero-order valence-electron chi connectivity index (χ0n) is 12.0. The van der Waals surface area contributed by atoms with E-state index in [2.05, 4.69) is 4.72 Å². The van der Waals surface area contributed by atoms with Crippen molar-refractivity contribution in [3.05, 3.63) is 34.3 Å². The number of aryl methyl sites for hydroxylation is 1. The Bertz CT molecular complexity index is 640. The van der Waals surface area contributed by atoms with Crippen LogP contribution in [0.2, 0.25) is 5.02 Å². The van der Waals surface area contributed by atoms with Crippen molar-refractivity contribution in [1.29, 1.82) is 0 Å². The second kappa shape index (κ2) is 6.31. The van der Waals surface area contributed by atoms with Gasteiger partial charge < -0.3 is 4.90 Å². The Kier molecular flexibility index (Phi) is 4.88. The molecule has 6 nitrogen and oxygen atoms in total. The molecule has 2 rings (SSSR count). The summed E-state index contributed by atoms with van der Waals surface area (Å²) < 4.78 is 27.0. The normalized spacial score (nSPS) is 17.0. The van der Waals surface area contributed by atoms with Crippen LogP contribution in [0.3, 0.4) is 0 Å². The van der Waals surface area contributed by atoms with Crippen LogP contribution in [0, 0.1) is 6.92 Å². The van der Waals surface area contributed by atoms with Crippen LogP contribution in [0.5, 0.6) is 0 Å². The van der Waals surface area contributed by atoms with Crippen LogP contribution in [-0.4, -0.2) is 56.8 Å². The van der Waals surface area contributed by atoms with Crippen LogP contribution in [0.1, 0.15) is 15.9 Å². The summed E-state index contributed by atoms with van der Waals surface area (Å²) in [7, 11) is -2.06. The molecule has 1 saturated heterocycles. The maximum atomic E-state index is 12.4. The summed E-state index contributed by atoms with van der Waals surface area (Å²) in [6.45, 7) is 3.16. The number of carbonyl (C=O) groups excluding carboxylic acids is 1. The Balaban J connectivity index is 2.07. The molecule has 0 aromatic heterocycles. The quantitative estimate of drug-likeness (QED) is 0.893. The number of hydrogen-bond donors (Lipinski definition) is 1. The van der Waals surface area contributed by atoms with Crippen LogP contribution < -0.4 is 4.72 Å². The molecule has 0 radical (unpaired) electrons. The molecule has 0 atom stereocenters. The molecule has 1 aromatic carbocycles. The summed E-state index contributed by atoms with van der Waals surface area (Å²) in [6, 6.07) is 5.29. The molecule has 1 aliphatic rings. The van der Waals surface area contributed by atoms with Gasteiger partial charge in [-0.05, 0) is 24.6 Å². The van der Waals surface area contributed by atoms with E-state index in [0.29, 0.717) is 23.7 Å². The van der Waals surface area contributed by atoms with Gasteiger partial charge in [-0.25, -0.2) is 4.72 Å². The molecule has 1 heterocycles. The zero-order chi connectivity index (χ0) is 15.6. The highest BCUT2D eigenvalue weighted by molar-refractivity contribution is 7.87. The second-order valence-electron chi connectivity index (χ2n) is 4.88. The minimum absolute atomic E-state index is 0.165. The number of benzene rings is 1. The van der Waals surface area contributed by atoms with Gasteiger partial charge in [-0.2, -0.15) is 12.7 Å². The Hall–Kier alpha value is -1.15. The van der Waals surface area contributed by atoms with Gasteiger partial charge >= 0.3 is 0 Å². The number of rotatable bonds is 3. The van der Waals surface area contributed by atoms with Crippen molar-refractivity contribution in [2.24, 2.45) is 0 Å². The van der Waals surface area contributed by atoms with Crippen LogP contribution in [0.4, 0.5) is 0 Å². The minimum atomic E-state index is -3.43. The van der Waals surface area contributed by atoms with E-state index < -0.39 is 10.2 Å². The number of amides is 1. The first-order valence-electron chi connectivity index (χ1n) is 6.59. The lowest BCUT2D eigenvalue weighted by Crippen LogP contribution is -2.52. The maximum Gasteiger partial charge on any atom is 0.279 e. The van der Waals surface area contributed by atoms with Crippen molar-refractivity contribution in [3.63, 3.8) is 0 Å². The van der Waals surface area contributed by atoms with Crippen molar-refractivity contribution < 1.29 is 13.2 Å². The summed E-state index contributed by atoms with van der Waals surface area (Å²) in [5, 5.41) is 0.422. The summed E-state index contributed by atoms with van der Waals surface area (Å²) in [4.78, 5) is 14.0. The van der Waals surface area contributed by atoms with Gasteiger partial charge in [-0.1, -0.05) is 17.7 Å². The van der Waals surface area contributed by atoms with E-state index in [1.807, 2.05) is 13.0 Å². The van der Waals surface area contributed by atoms with Crippen molar-refractivity contribution in [1.82, 2.24) is 13.9 Å². The van der Waals surface area contributed by atoms with Gasteiger partial charge in [-0.3, -0.25) is 4.79 Å². The predicted molar refractivity (Wildman–Crippen MR) is 81.6 cm³/mol. The Morgan fingerprint density at radius 2 is 1.86 bits per heavy atom. The second-order valence-corrected chi connectivity index (χ2v) is 7.17. The average Bonchev–Trinajstić information content (AvgIpc) is 2.47. The highest BCUT2D eigenvalue weighted by Crippen LogP contribution is 2.20. The number of piperazine rings is 1. The molecule has 0 bridgehead atoms. The summed E-state index contributed by atoms with van der Waals surface area (Å²) in [5.41, 5.74) is 1.44. The molecule has 116 valence electrons. The van der Waals surface area contributed by atoms with Crippen molar-refractivity contribution in [3.8, 4) is 0 Å². The number of carbonyl (C=O) groups is 1. The lowest BCUT2D eigenvalue weighted by atomic mass is 10.1. The lowest BCUT2D eigenvalue weighted by molar-refractivity contribution is 0.0697. The molecule has 1 amide bonds. The standard InChI is InChI=1S/C13H18ClN3O3S/c1-10-3-4-11(12(14)9-10)13(18)16-5-7-17(8-6-16)21(19,20)15-2/h3-4,9,15H,5-8H2,1-2H3. The topological polar surface area (TPSA) is 69.7 Å². The van der Waals surface area contributed by atoms with E-state index in [4.69, 9.17) is 11.6 Å². The van der Waals surface area contributed by atoms with Crippen molar-refractivity contribution in [2.45, 2.75) is 6.92 Å². The fourth-order valence-electron chi connectivity index (χ4n) is 2.22. The molecule has 0 spiro atoms. The fourth-order valence-corrected chi connectivity index (χ4v) is 3.44. The van der Waals surface area contributed by atoms with Gasteiger partial charge in [0.2, 0.25) is 0 Å². The van der Waals surface area contributed by atoms with E-state index >= 15 is 0 Å². The zero-order valence-corrected chi connectivity index (χ0v) is 13.5. The SMILES string of the molecule is CNS(=O)(=O)N1CCN(C(=O)c2ccc(C)cc2Cl)CC1. The van der Waals surface area contributed by atoms with Gasteiger partial charge in [-0.15, -0.1) is 0 Å². The number of hydrogen-bond acceptors (Lipinski definition) is 3. The minimum Gasteiger partial charge on any atom is -0.336 e.